The van der Waals surface area contributed by atoms with Crippen molar-refractivity contribution < 1.29 is 28.8 Å². The number of carbonyl (C=O) groups is 3. The molecule has 0 saturated heterocycles. The first-order chi connectivity index (χ1) is 16.2. The highest BCUT2D eigenvalue weighted by Gasteiger charge is 2.41. The number of nitro groups is 1. The van der Waals surface area contributed by atoms with Crippen LogP contribution in [0, 0.1) is 16.0 Å². The Morgan fingerprint density at radius 2 is 1.74 bits per heavy atom. The van der Waals surface area contributed by atoms with Gasteiger partial charge in [-0.05, 0) is 43.5 Å². The molecular formula is C24H27N3O7. The highest BCUT2D eigenvalue weighted by Crippen LogP contribution is 2.33. The van der Waals surface area contributed by atoms with Gasteiger partial charge in [-0.1, -0.05) is 26.0 Å². The summed E-state index contributed by atoms with van der Waals surface area (Å²) in [6, 6.07) is 8.79. The van der Waals surface area contributed by atoms with Crippen LogP contribution in [0.1, 0.15) is 60.0 Å². The van der Waals surface area contributed by atoms with Gasteiger partial charge in [-0.25, -0.2) is 0 Å². The minimum Gasteiger partial charge on any atom is -0.490 e. The Bertz CT molecular complexity index is 1130. The molecule has 0 radical (unpaired) electrons. The van der Waals surface area contributed by atoms with Crippen molar-refractivity contribution in [3.63, 3.8) is 0 Å². The van der Waals surface area contributed by atoms with Crippen LogP contribution in [0.15, 0.2) is 36.4 Å². The molecule has 34 heavy (non-hydrogen) atoms. The number of ether oxygens (including phenoxy) is 2. The second-order valence-corrected chi connectivity index (χ2v) is 8.01. The van der Waals surface area contributed by atoms with Crippen molar-refractivity contribution in [1.82, 2.24) is 10.2 Å². The van der Waals surface area contributed by atoms with Gasteiger partial charge >= 0.3 is 0 Å². The van der Waals surface area contributed by atoms with Crippen LogP contribution in [-0.2, 0) is 4.79 Å². The Morgan fingerprint density at radius 1 is 1.06 bits per heavy atom. The van der Waals surface area contributed by atoms with Crippen molar-refractivity contribution in [3.05, 3.63) is 63.2 Å². The Hall–Kier alpha value is -3.95. The van der Waals surface area contributed by atoms with Crippen LogP contribution in [-0.4, -0.2) is 47.3 Å². The maximum absolute atomic E-state index is 12.9. The van der Waals surface area contributed by atoms with Crippen LogP contribution in [0.5, 0.6) is 11.5 Å². The number of nitro benzene ring substituents is 1. The first-order valence-corrected chi connectivity index (χ1v) is 11.0. The summed E-state index contributed by atoms with van der Waals surface area (Å²) in [5, 5.41) is 14.2. The normalized spacial score (nSPS) is 13.6. The van der Waals surface area contributed by atoms with E-state index in [1.807, 2.05) is 33.8 Å². The van der Waals surface area contributed by atoms with Gasteiger partial charge in [-0.3, -0.25) is 29.4 Å². The summed E-state index contributed by atoms with van der Waals surface area (Å²) in [4.78, 5) is 49.6. The average Bonchev–Trinajstić information content (AvgIpc) is 3.03. The molecule has 0 aromatic heterocycles. The van der Waals surface area contributed by atoms with E-state index in [9.17, 15) is 24.5 Å². The lowest BCUT2D eigenvalue weighted by Crippen LogP contribution is -2.42. The molecule has 0 bridgehead atoms. The molecule has 1 unspecified atom stereocenters. The fourth-order valence-corrected chi connectivity index (χ4v) is 3.87. The van der Waals surface area contributed by atoms with Crippen LogP contribution in [0.25, 0.3) is 0 Å². The third-order valence-corrected chi connectivity index (χ3v) is 5.39. The number of amides is 3. The van der Waals surface area contributed by atoms with Gasteiger partial charge in [0.25, 0.3) is 17.5 Å². The minimum absolute atomic E-state index is 0.0281. The average molecular weight is 469 g/mol. The third kappa shape index (κ3) is 4.85. The molecule has 1 heterocycles. The smallest absolute Gasteiger partial charge is 0.282 e. The van der Waals surface area contributed by atoms with Crippen LogP contribution in [0.2, 0.25) is 0 Å². The van der Waals surface area contributed by atoms with E-state index in [2.05, 4.69) is 5.32 Å². The highest BCUT2D eigenvalue weighted by atomic mass is 16.6. The molecule has 1 aliphatic heterocycles. The standard InChI is InChI=1S/C24H27N3O7/c1-5-33-18-11-10-15(12-19(18)34-6-2)22(14(3)4)25-20(28)13-26-23(29)16-8-7-9-17(27(31)32)21(16)24(26)30/h7-12,14,22H,5-6,13H2,1-4H3,(H,25,28). The first-order valence-electron chi connectivity index (χ1n) is 11.0. The fraction of sp³-hybridized carbons (Fsp3) is 0.375. The molecule has 0 aliphatic carbocycles. The summed E-state index contributed by atoms with van der Waals surface area (Å²) < 4.78 is 11.3. The van der Waals surface area contributed by atoms with Gasteiger partial charge in [-0.15, -0.1) is 0 Å². The molecular weight excluding hydrogens is 442 g/mol. The Kier molecular flexibility index (Phi) is 7.50. The summed E-state index contributed by atoms with van der Waals surface area (Å²) in [6.07, 6.45) is 0. The van der Waals surface area contributed by atoms with Gasteiger partial charge in [0.1, 0.15) is 12.1 Å². The van der Waals surface area contributed by atoms with Crippen LogP contribution < -0.4 is 14.8 Å². The van der Waals surface area contributed by atoms with Crippen molar-refractivity contribution in [2.45, 2.75) is 33.7 Å². The number of hydrogen-bond acceptors (Lipinski definition) is 7. The van der Waals surface area contributed by atoms with E-state index < -0.39 is 40.9 Å². The first kappa shape index (κ1) is 24.7. The second-order valence-electron chi connectivity index (χ2n) is 8.01. The SMILES string of the molecule is CCOc1ccc(C(NC(=O)CN2C(=O)c3cccc([N+](=O)[O-])c3C2=O)C(C)C)cc1OCC. The predicted molar refractivity (Wildman–Crippen MR) is 123 cm³/mol. The van der Waals surface area contributed by atoms with Gasteiger partial charge in [0.2, 0.25) is 5.91 Å². The largest absolute Gasteiger partial charge is 0.490 e. The number of carbonyl (C=O) groups excluding carboxylic acids is 3. The van der Waals surface area contributed by atoms with Gasteiger partial charge in [-0.2, -0.15) is 0 Å². The van der Waals surface area contributed by atoms with Crippen molar-refractivity contribution in [1.29, 1.82) is 0 Å². The fourth-order valence-electron chi connectivity index (χ4n) is 3.87. The molecule has 2 aromatic rings. The van der Waals surface area contributed by atoms with Gasteiger partial charge in [0, 0.05) is 6.07 Å². The van der Waals surface area contributed by atoms with E-state index in [4.69, 9.17) is 9.47 Å². The third-order valence-electron chi connectivity index (χ3n) is 5.39. The molecule has 1 aliphatic rings. The maximum atomic E-state index is 12.9. The monoisotopic (exact) mass is 469 g/mol. The van der Waals surface area contributed by atoms with Gasteiger partial charge < -0.3 is 14.8 Å². The molecule has 180 valence electrons. The number of nitrogens with one attached hydrogen (secondary N) is 1. The summed E-state index contributed by atoms with van der Waals surface area (Å²) in [7, 11) is 0. The van der Waals surface area contributed by atoms with E-state index in [-0.39, 0.29) is 17.0 Å². The summed E-state index contributed by atoms with van der Waals surface area (Å²) in [6.45, 7) is 7.93. The molecule has 1 N–H and O–H groups in total. The number of benzene rings is 2. The molecule has 10 heteroatoms. The summed E-state index contributed by atoms with van der Waals surface area (Å²) in [5.74, 6) is -1.05. The van der Waals surface area contributed by atoms with Crippen molar-refractivity contribution >= 4 is 23.4 Å². The lowest BCUT2D eigenvalue weighted by Gasteiger charge is -2.25. The number of fused-ring (bicyclic) bond motifs is 1. The highest BCUT2D eigenvalue weighted by molar-refractivity contribution is 6.24. The lowest BCUT2D eigenvalue weighted by atomic mass is 9.95. The van der Waals surface area contributed by atoms with E-state index in [0.717, 1.165) is 16.5 Å². The molecule has 0 saturated carbocycles. The van der Waals surface area contributed by atoms with E-state index in [1.54, 1.807) is 12.1 Å². The topological polar surface area (TPSA) is 128 Å². The van der Waals surface area contributed by atoms with E-state index >= 15 is 0 Å². The Balaban J connectivity index is 1.81. The maximum Gasteiger partial charge on any atom is 0.282 e. The zero-order chi connectivity index (χ0) is 25.0. The molecule has 10 nitrogen and oxygen atoms in total. The number of hydrogen-bond donors (Lipinski definition) is 1. The van der Waals surface area contributed by atoms with Gasteiger partial charge in [0.15, 0.2) is 11.5 Å². The van der Waals surface area contributed by atoms with Gasteiger partial charge in [0.05, 0.1) is 29.7 Å². The zero-order valence-electron chi connectivity index (χ0n) is 19.5. The molecule has 1 atom stereocenters. The number of rotatable bonds is 10. The zero-order valence-corrected chi connectivity index (χ0v) is 19.5. The number of nitrogens with zero attached hydrogens (tertiary/aromatic N) is 2. The number of imide groups is 1. The van der Waals surface area contributed by atoms with Crippen molar-refractivity contribution in [2.24, 2.45) is 5.92 Å². The quantitative estimate of drug-likeness (QED) is 0.320. The lowest BCUT2D eigenvalue weighted by molar-refractivity contribution is -0.385. The minimum atomic E-state index is -0.858. The van der Waals surface area contributed by atoms with Crippen LogP contribution >= 0.6 is 0 Å². The van der Waals surface area contributed by atoms with E-state index in [1.165, 1.54) is 12.1 Å². The molecule has 3 amide bonds. The predicted octanol–water partition coefficient (Wildman–Crippen LogP) is 3.50. The van der Waals surface area contributed by atoms with Crippen molar-refractivity contribution in [2.75, 3.05) is 19.8 Å². The second kappa shape index (κ2) is 10.3. The Morgan fingerprint density at radius 3 is 2.35 bits per heavy atom. The van der Waals surface area contributed by atoms with Crippen molar-refractivity contribution in [3.8, 4) is 11.5 Å². The molecule has 0 spiro atoms. The van der Waals surface area contributed by atoms with Crippen LogP contribution in [0.3, 0.4) is 0 Å². The van der Waals surface area contributed by atoms with E-state index in [0.29, 0.717) is 24.7 Å². The summed E-state index contributed by atoms with van der Waals surface area (Å²) in [5.41, 5.74) is -0.0660. The molecule has 2 aromatic carbocycles. The van der Waals surface area contributed by atoms with Crippen LogP contribution in [0.4, 0.5) is 5.69 Å². The molecule has 3 rings (SSSR count). The summed E-state index contributed by atoms with van der Waals surface area (Å²) >= 11 is 0. The Labute approximate surface area is 197 Å². The molecule has 0 fully saturated rings.